The van der Waals surface area contributed by atoms with Crippen LogP contribution in [0.15, 0.2) is 6.20 Å². The van der Waals surface area contributed by atoms with Crippen LogP contribution >= 0.6 is 11.3 Å². The van der Waals surface area contributed by atoms with Gasteiger partial charge in [0.1, 0.15) is 0 Å². The summed E-state index contributed by atoms with van der Waals surface area (Å²) in [5.74, 6) is 1.37. The Bertz CT molecular complexity index is 290. The van der Waals surface area contributed by atoms with E-state index in [0.29, 0.717) is 11.8 Å². The zero-order chi connectivity index (χ0) is 12.0. The first-order chi connectivity index (χ1) is 7.67. The molecule has 0 aliphatic carbocycles. The second kappa shape index (κ2) is 7.02. The summed E-state index contributed by atoms with van der Waals surface area (Å²) in [7, 11) is 0. The molecule has 0 saturated carbocycles. The highest BCUT2D eigenvalue weighted by Crippen LogP contribution is 2.26. The fraction of sp³-hybridized carbons (Fsp3) is 0.769. The molecule has 0 aromatic carbocycles. The Morgan fingerprint density at radius 2 is 2.00 bits per heavy atom. The summed E-state index contributed by atoms with van der Waals surface area (Å²) in [4.78, 5) is 5.90. The van der Waals surface area contributed by atoms with Crippen LogP contribution in [0.2, 0.25) is 0 Å². The molecule has 2 nitrogen and oxygen atoms in total. The molecular formula is C13H24N2S. The minimum absolute atomic E-state index is 0.656. The SMILES string of the molecule is CCC(CC)c1ncc(CNCC(C)C)s1. The van der Waals surface area contributed by atoms with Crippen molar-refractivity contribution >= 4 is 11.3 Å². The van der Waals surface area contributed by atoms with E-state index in [1.807, 2.05) is 17.5 Å². The predicted octanol–water partition coefficient (Wildman–Crippen LogP) is 3.79. The van der Waals surface area contributed by atoms with Crippen molar-refractivity contribution in [1.82, 2.24) is 10.3 Å². The molecular weight excluding hydrogens is 216 g/mol. The molecule has 0 saturated heterocycles. The molecule has 0 atom stereocenters. The maximum atomic E-state index is 4.53. The van der Waals surface area contributed by atoms with Crippen molar-refractivity contribution in [3.63, 3.8) is 0 Å². The quantitative estimate of drug-likeness (QED) is 0.784. The Kier molecular flexibility index (Phi) is 5.99. The molecule has 0 fully saturated rings. The third-order valence-electron chi connectivity index (χ3n) is 2.76. The van der Waals surface area contributed by atoms with E-state index < -0.39 is 0 Å². The van der Waals surface area contributed by atoms with Gasteiger partial charge in [-0.25, -0.2) is 4.98 Å². The van der Waals surface area contributed by atoms with Gasteiger partial charge in [-0.2, -0.15) is 0 Å². The molecule has 16 heavy (non-hydrogen) atoms. The number of hydrogen-bond donors (Lipinski definition) is 1. The number of aromatic nitrogens is 1. The van der Waals surface area contributed by atoms with Gasteiger partial charge in [-0.15, -0.1) is 11.3 Å². The average Bonchev–Trinajstić information content (AvgIpc) is 2.68. The molecule has 1 aromatic heterocycles. The fourth-order valence-electron chi connectivity index (χ4n) is 1.72. The third kappa shape index (κ3) is 4.22. The molecule has 0 aliphatic heterocycles. The lowest BCUT2D eigenvalue weighted by Crippen LogP contribution is -2.18. The van der Waals surface area contributed by atoms with Gasteiger partial charge >= 0.3 is 0 Å². The molecule has 1 N–H and O–H groups in total. The van der Waals surface area contributed by atoms with Gasteiger partial charge < -0.3 is 5.32 Å². The van der Waals surface area contributed by atoms with E-state index in [4.69, 9.17) is 0 Å². The number of thiazole rings is 1. The van der Waals surface area contributed by atoms with Crippen molar-refractivity contribution in [3.8, 4) is 0 Å². The van der Waals surface area contributed by atoms with Crippen LogP contribution in [-0.4, -0.2) is 11.5 Å². The fourth-order valence-corrected chi connectivity index (χ4v) is 2.87. The Morgan fingerprint density at radius 3 is 2.56 bits per heavy atom. The van der Waals surface area contributed by atoms with Crippen molar-refractivity contribution < 1.29 is 0 Å². The van der Waals surface area contributed by atoms with E-state index >= 15 is 0 Å². The summed E-state index contributed by atoms with van der Waals surface area (Å²) in [6.07, 6.45) is 4.43. The third-order valence-corrected chi connectivity index (χ3v) is 3.92. The predicted molar refractivity (Wildman–Crippen MR) is 72.0 cm³/mol. The van der Waals surface area contributed by atoms with Crippen molar-refractivity contribution in [3.05, 3.63) is 16.1 Å². The lowest BCUT2D eigenvalue weighted by molar-refractivity contribution is 0.554. The van der Waals surface area contributed by atoms with E-state index in [0.717, 1.165) is 13.1 Å². The Balaban J connectivity index is 2.44. The zero-order valence-corrected chi connectivity index (χ0v) is 11.7. The zero-order valence-electron chi connectivity index (χ0n) is 10.9. The summed E-state index contributed by atoms with van der Waals surface area (Å²) in [5, 5.41) is 4.77. The van der Waals surface area contributed by atoms with Gasteiger partial charge in [0.05, 0.1) is 5.01 Å². The van der Waals surface area contributed by atoms with Crippen LogP contribution in [0, 0.1) is 5.92 Å². The maximum absolute atomic E-state index is 4.53. The molecule has 92 valence electrons. The van der Waals surface area contributed by atoms with Crippen molar-refractivity contribution in [2.45, 2.75) is 53.0 Å². The second-order valence-electron chi connectivity index (χ2n) is 4.70. The molecule has 0 unspecified atom stereocenters. The van der Waals surface area contributed by atoms with Gasteiger partial charge in [0.25, 0.3) is 0 Å². The monoisotopic (exact) mass is 240 g/mol. The Labute approximate surface area is 103 Å². The van der Waals surface area contributed by atoms with Gasteiger partial charge in [-0.3, -0.25) is 0 Å². The topological polar surface area (TPSA) is 24.9 Å². The van der Waals surface area contributed by atoms with E-state index in [2.05, 4.69) is 38.0 Å². The molecule has 0 aliphatic rings. The Hall–Kier alpha value is -0.410. The maximum Gasteiger partial charge on any atom is 0.0958 e. The van der Waals surface area contributed by atoms with Crippen LogP contribution in [0.4, 0.5) is 0 Å². The van der Waals surface area contributed by atoms with Crippen LogP contribution < -0.4 is 5.32 Å². The normalized spacial score (nSPS) is 11.6. The van der Waals surface area contributed by atoms with Crippen LogP contribution in [-0.2, 0) is 6.54 Å². The van der Waals surface area contributed by atoms with Gasteiger partial charge in [0, 0.05) is 23.5 Å². The van der Waals surface area contributed by atoms with Crippen LogP contribution in [0.25, 0.3) is 0 Å². The molecule has 3 heteroatoms. The van der Waals surface area contributed by atoms with E-state index in [-0.39, 0.29) is 0 Å². The van der Waals surface area contributed by atoms with Crippen LogP contribution in [0.1, 0.15) is 56.3 Å². The smallest absolute Gasteiger partial charge is 0.0958 e. The summed E-state index contributed by atoms with van der Waals surface area (Å²) in [6, 6.07) is 0. The van der Waals surface area contributed by atoms with Crippen molar-refractivity contribution in [2.24, 2.45) is 5.92 Å². The van der Waals surface area contributed by atoms with Gasteiger partial charge in [0.15, 0.2) is 0 Å². The highest BCUT2D eigenvalue weighted by molar-refractivity contribution is 7.11. The van der Waals surface area contributed by atoms with Gasteiger partial charge in [-0.1, -0.05) is 27.7 Å². The highest BCUT2D eigenvalue weighted by Gasteiger charge is 2.11. The van der Waals surface area contributed by atoms with E-state index in [9.17, 15) is 0 Å². The molecule has 1 heterocycles. The molecule has 1 rings (SSSR count). The largest absolute Gasteiger partial charge is 0.312 e. The lowest BCUT2D eigenvalue weighted by Gasteiger charge is -2.07. The molecule has 0 bridgehead atoms. The number of nitrogens with one attached hydrogen (secondary N) is 1. The molecule has 1 aromatic rings. The molecule has 0 radical (unpaired) electrons. The van der Waals surface area contributed by atoms with Gasteiger partial charge in [0.2, 0.25) is 0 Å². The van der Waals surface area contributed by atoms with Crippen LogP contribution in [0.3, 0.4) is 0 Å². The van der Waals surface area contributed by atoms with Crippen molar-refractivity contribution in [2.75, 3.05) is 6.54 Å². The first-order valence-electron chi connectivity index (χ1n) is 6.32. The van der Waals surface area contributed by atoms with Crippen molar-refractivity contribution in [1.29, 1.82) is 0 Å². The number of rotatable bonds is 7. The average molecular weight is 240 g/mol. The molecule has 0 amide bonds. The summed E-state index contributed by atoms with van der Waals surface area (Å²) in [5.41, 5.74) is 0. The minimum atomic E-state index is 0.656. The first-order valence-corrected chi connectivity index (χ1v) is 7.14. The minimum Gasteiger partial charge on any atom is -0.312 e. The summed E-state index contributed by atoms with van der Waals surface area (Å²) >= 11 is 1.87. The number of hydrogen-bond acceptors (Lipinski definition) is 3. The molecule has 0 spiro atoms. The number of nitrogens with zero attached hydrogens (tertiary/aromatic N) is 1. The lowest BCUT2D eigenvalue weighted by atomic mass is 10.1. The summed E-state index contributed by atoms with van der Waals surface area (Å²) in [6.45, 7) is 11.0. The first kappa shape index (κ1) is 13.7. The van der Waals surface area contributed by atoms with Crippen LogP contribution in [0.5, 0.6) is 0 Å². The highest BCUT2D eigenvalue weighted by atomic mass is 32.1. The van der Waals surface area contributed by atoms with E-state index in [1.165, 1.54) is 22.7 Å². The van der Waals surface area contributed by atoms with Gasteiger partial charge in [-0.05, 0) is 25.3 Å². The standard InChI is InChI=1S/C13H24N2S/c1-5-11(6-2)13-15-9-12(16-13)8-14-7-10(3)4/h9-11,14H,5-8H2,1-4H3. The second-order valence-corrected chi connectivity index (χ2v) is 5.85. The Morgan fingerprint density at radius 1 is 1.31 bits per heavy atom. The van der Waals surface area contributed by atoms with E-state index in [1.54, 1.807) is 0 Å². The summed E-state index contributed by atoms with van der Waals surface area (Å²) < 4.78 is 0.